The maximum absolute atomic E-state index is 13.2. The van der Waals surface area contributed by atoms with E-state index in [1.54, 1.807) is 72.1 Å². The second kappa shape index (κ2) is 13.9. The molecule has 5 rings (SSSR count). The van der Waals surface area contributed by atoms with Crippen molar-refractivity contribution in [1.29, 1.82) is 0 Å². The molecule has 0 fully saturated rings. The highest BCUT2D eigenvalue weighted by Gasteiger charge is 2.15. The van der Waals surface area contributed by atoms with Gasteiger partial charge in [0.05, 0.1) is 11.4 Å². The summed E-state index contributed by atoms with van der Waals surface area (Å²) >= 11 is 4.12. The number of carbonyl (C=O) groups excluding carboxylic acids is 3. The zero-order valence-corrected chi connectivity index (χ0v) is 24.3. The Morgan fingerprint density at radius 3 is 2.36 bits per heavy atom. The predicted molar refractivity (Wildman–Crippen MR) is 168 cm³/mol. The van der Waals surface area contributed by atoms with Gasteiger partial charge in [0.1, 0.15) is 11.5 Å². The molecule has 0 aliphatic heterocycles. The Labute approximate surface area is 253 Å². The summed E-state index contributed by atoms with van der Waals surface area (Å²) in [5.41, 5.74) is 3.32. The van der Waals surface area contributed by atoms with Crippen molar-refractivity contribution in [2.75, 3.05) is 16.4 Å². The lowest BCUT2D eigenvalue weighted by atomic mass is 10.2. The molecule has 2 heterocycles. The molecule has 0 bridgehead atoms. The van der Waals surface area contributed by atoms with Gasteiger partial charge in [-0.1, -0.05) is 18.2 Å². The van der Waals surface area contributed by atoms with Gasteiger partial charge >= 0.3 is 0 Å². The third kappa shape index (κ3) is 8.00. The minimum Gasteiger partial charge on any atom is -0.321 e. The summed E-state index contributed by atoms with van der Waals surface area (Å²) in [4.78, 5) is 43.5. The maximum atomic E-state index is 13.2. The zero-order valence-electron chi connectivity index (χ0n) is 21.9. The summed E-state index contributed by atoms with van der Waals surface area (Å²) < 4.78 is 13.2. The lowest BCUT2D eigenvalue weighted by molar-refractivity contribution is -0.114. The van der Waals surface area contributed by atoms with E-state index in [1.807, 2.05) is 22.9 Å². The van der Waals surface area contributed by atoms with E-state index in [9.17, 15) is 18.8 Å². The van der Waals surface area contributed by atoms with Gasteiger partial charge in [-0.05, 0) is 89.1 Å². The van der Waals surface area contributed by atoms with Crippen LogP contribution < -0.4 is 16.0 Å². The molecule has 3 amide bonds. The number of thiophene rings is 1. The molecule has 11 heteroatoms. The van der Waals surface area contributed by atoms with E-state index in [0.717, 1.165) is 16.0 Å². The topological polar surface area (TPSA) is 100 Å². The fourth-order valence-electron chi connectivity index (χ4n) is 3.69. The number of halogens is 1. The summed E-state index contributed by atoms with van der Waals surface area (Å²) in [6.45, 7) is 0. The first kappa shape index (κ1) is 28.9. The molecule has 0 unspecified atom stereocenters. The maximum Gasteiger partial charge on any atom is 0.272 e. The zero-order chi connectivity index (χ0) is 29.3. The SMILES string of the molecule is O=C(CSc1ccc(NC(=O)/C(=C/c2ccsc2)NC(=O)c2ccccc2)cc1)Nc1nc(-c2ccc(F)cc2)cs1. The first-order valence-electron chi connectivity index (χ1n) is 12.6. The van der Waals surface area contributed by atoms with Gasteiger partial charge in [0.25, 0.3) is 11.8 Å². The summed E-state index contributed by atoms with van der Waals surface area (Å²) in [5, 5.41) is 14.4. The average Bonchev–Trinajstić information content (AvgIpc) is 3.70. The van der Waals surface area contributed by atoms with Gasteiger partial charge in [-0.15, -0.1) is 23.1 Å². The van der Waals surface area contributed by atoms with Crippen molar-refractivity contribution in [3.8, 4) is 11.3 Å². The number of rotatable bonds is 10. The monoisotopic (exact) mass is 614 g/mol. The molecule has 7 nitrogen and oxygen atoms in total. The van der Waals surface area contributed by atoms with Crippen molar-refractivity contribution < 1.29 is 18.8 Å². The summed E-state index contributed by atoms with van der Waals surface area (Å²) in [5.74, 6) is -1.22. The number of hydrogen-bond donors (Lipinski definition) is 3. The number of aromatic nitrogens is 1. The molecular weight excluding hydrogens is 592 g/mol. The average molecular weight is 615 g/mol. The van der Waals surface area contributed by atoms with Crippen LogP contribution in [0.5, 0.6) is 0 Å². The molecule has 210 valence electrons. The highest BCUT2D eigenvalue weighted by molar-refractivity contribution is 8.00. The van der Waals surface area contributed by atoms with Crippen LogP contribution in [0.1, 0.15) is 15.9 Å². The Hall–Kier alpha value is -4.58. The lowest BCUT2D eigenvalue weighted by Gasteiger charge is -2.11. The van der Waals surface area contributed by atoms with Crippen molar-refractivity contribution in [1.82, 2.24) is 10.3 Å². The van der Waals surface area contributed by atoms with Crippen molar-refractivity contribution in [2.45, 2.75) is 4.90 Å². The number of amides is 3. The van der Waals surface area contributed by atoms with Gasteiger partial charge in [0.15, 0.2) is 5.13 Å². The van der Waals surface area contributed by atoms with Crippen LogP contribution in [-0.4, -0.2) is 28.5 Å². The molecule has 3 N–H and O–H groups in total. The quantitative estimate of drug-likeness (QED) is 0.115. The number of nitrogens with zero attached hydrogens (tertiary/aromatic N) is 1. The van der Waals surface area contributed by atoms with Crippen LogP contribution in [0.15, 0.2) is 112 Å². The number of hydrogen-bond acceptors (Lipinski definition) is 7. The van der Waals surface area contributed by atoms with Gasteiger partial charge in [-0.25, -0.2) is 9.37 Å². The molecule has 0 spiro atoms. The molecule has 5 aromatic rings. The van der Waals surface area contributed by atoms with Gasteiger partial charge in [-0.3, -0.25) is 14.4 Å². The van der Waals surface area contributed by atoms with Crippen LogP contribution in [0.2, 0.25) is 0 Å². The van der Waals surface area contributed by atoms with Crippen LogP contribution in [0.4, 0.5) is 15.2 Å². The highest BCUT2D eigenvalue weighted by atomic mass is 32.2. The second-order valence-corrected chi connectivity index (χ2v) is 11.5. The largest absolute Gasteiger partial charge is 0.321 e. The summed E-state index contributed by atoms with van der Waals surface area (Å²) in [7, 11) is 0. The Morgan fingerprint density at radius 1 is 0.881 bits per heavy atom. The Balaban J connectivity index is 1.15. The van der Waals surface area contributed by atoms with E-state index >= 15 is 0 Å². The molecule has 0 atom stereocenters. The number of anilines is 2. The Morgan fingerprint density at radius 2 is 1.64 bits per heavy atom. The van der Waals surface area contributed by atoms with Crippen molar-refractivity contribution in [3.05, 3.63) is 124 Å². The Bertz CT molecular complexity index is 1700. The molecule has 2 aromatic heterocycles. The minimum absolute atomic E-state index is 0.113. The highest BCUT2D eigenvalue weighted by Crippen LogP contribution is 2.26. The van der Waals surface area contributed by atoms with Gasteiger partial charge in [0, 0.05) is 27.1 Å². The molecule has 0 saturated carbocycles. The van der Waals surface area contributed by atoms with E-state index in [-0.39, 0.29) is 29.1 Å². The van der Waals surface area contributed by atoms with E-state index in [0.29, 0.717) is 22.1 Å². The van der Waals surface area contributed by atoms with Crippen molar-refractivity contribution >= 4 is 69.1 Å². The van der Waals surface area contributed by atoms with E-state index in [2.05, 4.69) is 20.9 Å². The first-order valence-corrected chi connectivity index (χ1v) is 15.4. The number of thioether (sulfide) groups is 1. The van der Waals surface area contributed by atoms with E-state index in [1.165, 1.54) is 46.6 Å². The number of benzene rings is 3. The van der Waals surface area contributed by atoms with Gasteiger partial charge in [-0.2, -0.15) is 11.3 Å². The normalized spacial score (nSPS) is 11.1. The fourth-order valence-corrected chi connectivity index (χ4v) is 5.74. The van der Waals surface area contributed by atoms with Crippen LogP contribution >= 0.6 is 34.4 Å². The molecule has 0 radical (unpaired) electrons. The van der Waals surface area contributed by atoms with E-state index in [4.69, 9.17) is 0 Å². The standard InChI is InChI=1S/C31H23FN4O3S3/c32-23-8-6-21(7-9-23)27-18-42-31(35-27)36-28(37)19-41-25-12-10-24(11-13-25)33-30(39)26(16-20-14-15-40-17-20)34-29(38)22-4-2-1-3-5-22/h1-18H,19H2,(H,33,39)(H,34,38)(H,35,36,37)/b26-16-. The second-order valence-electron chi connectivity index (χ2n) is 8.79. The number of carbonyl (C=O) groups is 3. The van der Waals surface area contributed by atoms with Crippen molar-refractivity contribution in [3.63, 3.8) is 0 Å². The van der Waals surface area contributed by atoms with Gasteiger partial charge in [0.2, 0.25) is 5.91 Å². The summed E-state index contributed by atoms with van der Waals surface area (Å²) in [6, 6.07) is 23.6. The third-order valence-corrected chi connectivity index (χ3v) is 8.23. The molecule has 0 aliphatic rings. The lowest BCUT2D eigenvalue weighted by Crippen LogP contribution is -2.30. The van der Waals surface area contributed by atoms with Crippen LogP contribution in [0.25, 0.3) is 17.3 Å². The number of thiazole rings is 1. The van der Waals surface area contributed by atoms with E-state index < -0.39 is 5.91 Å². The predicted octanol–water partition coefficient (Wildman–Crippen LogP) is 7.15. The third-order valence-electron chi connectivity index (χ3n) is 5.76. The minimum atomic E-state index is -0.464. The Kier molecular flexibility index (Phi) is 9.55. The van der Waals surface area contributed by atoms with Gasteiger partial charge < -0.3 is 16.0 Å². The first-order chi connectivity index (χ1) is 20.4. The summed E-state index contributed by atoms with van der Waals surface area (Å²) in [6.07, 6.45) is 1.63. The molecule has 0 saturated heterocycles. The van der Waals surface area contributed by atoms with Crippen molar-refractivity contribution in [2.24, 2.45) is 0 Å². The number of nitrogens with one attached hydrogen (secondary N) is 3. The smallest absolute Gasteiger partial charge is 0.272 e. The van der Waals surface area contributed by atoms with Crippen LogP contribution in [0.3, 0.4) is 0 Å². The van der Waals surface area contributed by atoms with Crippen LogP contribution in [0, 0.1) is 5.82 Å². The molecule has 3 aromatic carbocycles. The fraction of sp³-hybridized carbons (Fsp3) is 0.0323. The van der Waals surface area contributed by atoms with Crippen LogP contribution in [-0.2, 0) is 9.59 Å². The molecule has 42 heavy (non-hydrogen) atoms. The molecular formula is C31H23FN4O3S3. The molecule has 0 aliphatic carbocycles.